The van der Waals surface area contributed by atoms with E-state index in [0.29, 0.717) is 13.2 Å². The summed E-state index contributed by atoms with van der Waals surface area (Å²) in [7, 11) is 3.91. The number of rotatable bonds is 6. The average Bonchev–Trinajstić information content (AvgIpc) is 2.29. The van der Waals surface area contributed by atoms with Gasteiger partial charge in [-0.3, -0.25) is 4.90 Å². The largest absolute Gasteiger partial charge is 0.334 e. The Hall–Kier alpha value is -0.900. The van der Waals surface area contributed by atoms with Crippen molar-refractivity contribution in [2.75, 3.05) is 27.3 Å². The maximum Gasteiger partial charge on any atom is 0.257 e. The number of nitrogens with zero attached hydrogens (tertiary/aromatic N) is 1. The summed E-state index contributed by atoms with van der Waals surface area (Å²) in [5.41, 5.74) is 1.02. The minimum absolute atomic E-state index is 0.604. The lowest BCUT2D eigenvalue weighted by atomic mass is 10.1. The molecular weight excluding hydrogens is 202 g/mol. The molecule has 90 valence electrons. The molecule has 0 bridgehead atoms. The molecule has 0 spiro atoms. The van der Waals surface area contributed by atoms with Gasteiger partial charge in [0.05, 0.1) is 0 Å². The van der Waals surface area contributed by atoms with E-state index in [9.17, 15) is 0 Å². The van der Waals surface area contributed by atoms with Crippen LogP contribution in [0.5, 0.6) is 0 Å². The minimum Gasteiger partial charge on any atom is -0.334 e. The van der Waals surface area contributed by atoms with Crippen molar-refractivity contribution in [1.82, 2.24) is 4.90 Å². The summed E-state index contributed by atoms with van der Waals surface area (Å²) in [4.78, 5) is 1.95. The average molecular weight is 223 g/mol. The molecule has 16 heavy (non-hydrogen) atoms. The van der Waals surface area contributed by atoms with E-state index < -0.39 is 5.91 Å². The quantitative estimate of drug-likeness (QED) is 0.691. The van der Waals surface area contributed by atoms with Crippen LogP contribution >= 0.6 is 0 Å². The third-order valence-electron chi connectivity index (χ3n) is 2.41. The van der Waals surface area contributed by atoms with Crippen molar-refractivity contribution in [2.45, 2.75) is 19.8 Å². The molecule has 0 radical (unpaired) electrons. The van der Waals surface area contributed by atoms with E-state index in [4.69, 9.17) is 9.47 Å². The van der Waals surface area contributed by atoms with E-state index in [-0.39, 0.29) is 0 Å². The van der Waals surface area contributed by atoms with Gasteiger partial charge in [0.2, 0.25) is 0 Å². The van der Waals surface area contributed by atoms with Gasteiger partial charge in [-0.15, -0.1) is 0 Å². The van der Waals surface area contributed by atoms with Gasteiger partial charge >= 0.3 is 0 Å². The molecule has 0 aromatic heterocycles. The maximum absolute atomic E-state index is 5.82. The van der Waals surface area contributed by atoms with E-state index in [1.807, 2.05) is 63.2 Å². The topological polar surface area (TPSA) is 21.7 Å². The lowest BCUT2D eigenvalue weighted by Crippen LogP contribution is -2.46. The molecule has 0 saturated heterocycles. The fourth-order valence-corrected chi connectivity index (χ4v) is 1.76. The van der Waals surface area contributed by atoms with Crippen LogP contribution in [0.15, 0.2) is 30.3 Å². The van der Waals surface area contributed by atoms with Gasteiger partial charge in [-0.25, -0.2) is 0 Å². The van der Waals surface area contributed by atoms with Crippen LogP contribution in [-0.4, -0.2) is 32.2 Å². The van der Waals surface area contributed by atoms with Crippen LogP contribution in [-0.2, 0) is 15.4 Å². The summed E-state index contributed by atoms with van der Waals surface area (Å²) in [5.74, 6) is -0.773. The summed E-state index contributed by atoms with van der Waals surface area (Å²) in [5, 5.41) is 0. The molecule has 1 rings (SSSR count). The number of benzene rings is 1. The summed E-state index contributed by atoms with van der Waals surface area (Å²) in [6, 6.07) is 10.0. The highest BCUT2D eigenvalue weighted by atomic mass is 16.7. The van der Waals surface area contributed by atoms with E-state index in [1.54, 1.807) is 0 Å². The van der Waals surface area contributed by atoms with Crippen LogP contribution in [0.2, 0.25) is 0 Å². The first-order valence-corrected chi connectivity index (χ1v) is 5.68. The second-order valence-electron chi connectivity index (χ2n) is 3.71. The predicted octanol–water partition coefficient (Wildman–Crippen LogP) is 2.43. The molecule has 0 fully saturated rings. The molecule has 1 aromatic rings. The molecule has 0 N–H and O–H groups in total. The van der Waals surface area contributed by atoms with Crippen LogP contribution < -0.4 is 0 Å². The Balaban J connectivity index is 3.10. The van der Waals surface area contributed by atoms with Crippen molar-refractivity contribution >= 4 is 0 Å². The molecule has 0 saturated carbocycles. The zero-order valence-electron chi connectivity index (χ0n) is 10.6. The van der Waals surface area contributed by atoms with Crippen LogP contribution in [0.25, 0.3) is 0 Å². The molecule has 0 aliphatic rings. The third kappa shape index (κ3) is 2.61. The van der Waals surface area contributed by atoms with E-state index in [0.717, 1.165) is 5.56 Å². The van der Waals surface area contributed by atoms with Crippen molar-refractivity contribution in [3.05, 3.63) is 35.9 Å². The molecule has 3 nitrogen and oxygen atoms in total. The first kappa shape index (κ1) is 13.2. The van der Waals surface area contributed by atoms with Crippen LogP contribution in [0.1, 0.15) is 19.4 Å². The van der Waals surface area contributed by atoms with Gasteiger partial charge in [0.15, 0.2) is 0 Å². The number of ether oxygens (including phenoxy) is 2. The van der Waals surface area contributed by atoms with Crippen LogP contribution in [0, 0.1) is 0 Å². The number of hydrogen-bond donors (Lipinski definition) is 0. The van der Waals surface area contributed by atoms with E-state index >= 15 is 0 Å². The smallest absolute Gasteiger partial charge is 0.257 e. The summed E-state index contributed by atoms with van der Waals surface area (Å²) in [6.07, 6.45) is 0. The zero-order valence-corrected chi connectivity index (χ0v) is 10.6. The predicted molar refractivity (Wildman–Crippen MR) is 65.1 cm³/mol. The SMILES string of the molecule is CCOC(OCC)(c1ccccc1)N(C)C. The Kier molecular flexibility index (Phi) is 4.93. The summed E-state index contributed by atoms with van der Waals surface area (Å²) >= 11 is 0. The van der Waals surface area contributed by atoms with Crippen molar-refractivity contribution in [3.63, 3.8) is 0 Å². The zero-order chi connectivity index (χ0) is 12.0. The van der Waals surface area contributed by atoms with Gasteiger partial charge in [0.25, 0.3) is 5.91 Å². The lowest BCUT2D eigenvalue weighted by molar-refractivity contribution is -0.315. The standard InChI is InChI=1S/C13H21NO2/c1-5-15-13(14(3)4,16-6-2)12-10-8-7-9-11-12/h7-11H,5-6H2,1-4H3. The Morgan fingerprint density at radius 3 is 1.88 bits per heavy atom. The molecule has 0 atom stereocenters. The Morgan fingerprint density at radius 1 is 1.00 bits per heavy atom. The highest BCUT2D eigenvalue weighted by Gasteiger charge is 2.36. The first-order chi connectivity index (χ1) is 7.67. The molecule has 0 heterocycles. The Bertz CT molecular complexity index is 292. The summed E-state index contributed by atoms with van der Waals surface area (Å²) in [6.45, 7) is 5.15. The molecule has 0 amide bonds. The highest BCUT2D eigenvalue weighted by Crippen LogP contribution is 2.29. The monoisotopic (exact) mass is 223 g/mol. The van der Waals surface area contributed by atoms with Gasteiger partial charge in [-0.1, -0.05) is 30.3 Å². The van der Waals surface area contributed by atoms with Gasteiger partial charge in [-0.05, 0) is 27.9 Å². The molecule has 0 aliphatic heterocycles. The van der Waals surface area contributed by atoms with Gasteiger partial charge < -0.3 is 9.47 Å². The van der Waals surface area contributed by atoms with Crippen molar-refractivity contribution in [1.29, 1.82) is 0 Å². The van der Waals surface area contributed by atoms with Crippen LogP contribution in [0.3, 0.4) is 0 Å². The number of hydrogen-bond acceptors (Lipinski definition) is 3. The van der Waals surface area contributed by atoms with Crippen molar-refractivity contribution < 1.29 is 9.47 Å². The Morgan fingerprint density at radius 2 is 1.50 bits per heavy atom. The van der Waals surface area contributed by atoms with E-state index in [1.165, 1.54) is 0 Å². The second-order valence-corrected chi connectivity index (χ2v) is 3.71. The van der Waals surface area contributed by atoms with Gasteiger partial charge in [0.1, 0.15) is 0 Å². The van der Waals surface area contributed by atoms with Gasteiger partial charge in [-0.2, -0.15) is 0 Å². The molecular formula is C13H21NO2. The minimum atomic E-state index is -0.773. The van der Waals surface area contributed by atoms with Crippen LogP contribution in [0.4, 0.5) is 0 Å². The van der Waals surface area contributed by atoms with Crippen molar-refractivity contribution in [2.24, 2.45) is 0 Å². The summed E-state index contributed by atoms with van der Waals surface area (Å²) < 4.78 is 11.6. The van der Waals surface area contributed by atoms with Crippen molar-refractivity contribution in [3.8, 4) is 0 Å². The maximum atomic E-state index is 5.82. The molecule has 3 heteroatoms. The fourth-order valence-electron chi connectivity index (χ4n) is 1.76. The fraction of sp³-hybridized carbons (Fsp3) is 0.538. The Labute approximate surface area is 98.0 Å². The third-order valence-corrected chi connectivity index (χ3v) is 2.41. The second kappa shape index (κ2) is 5.99. The van der Waals surface area contributed by atoms with Gasteiger partial charge in [0, 0.05) is 18.8 Å². The first-order valence-electron chi connectivity index (χ1n) is 5.68. The molecule has 0 unspecified atom stereocenters. The highest BCUT2D eigenvalue weighted by molar-refractivity contribution is 5.19. The normalized spacial score (nSPS) is 12.1. The molecule has 1 aromatic carbocycles. The molecule has 0 aliphatic carbocycles. The van der Waals surface area contributed by atoms with E-state index in [2.05, 4.69) is 0 Å². The lowest BCUT2D eigenvalue weighted by Gasteiger charge is -2.38.